The summed E-state index contributed by atoms with van der Waals surface area (Å²) in [6, 6.07) is 5.96. The summed E-state index contributed by atoms with van der Waals surface area (Å²) in [4.78, 5) is 11.7. The lowest BCUT2D eigenvalue weighted by atomic mass is 9.95. The maximum absolute atomic E-state index is 11.7. The van der Waals surface area contributed by atoms with Gasteiger partial charge in [0.25, 0.3) is 0 Å². The van der Waals surface area contributed by atoms with Crippen LogP contribution in [0.1, 0.15) is 31.9 Å². The highest BCUT2D eigenvalue weighted by Gasteiger charge is 2.39. The van der Waals surface area contributed by atoms with Crippen LogP contribution in [0.3, 0.4) is 0 Å². The monoisotopic (exact) mass is 321 g/mol. The molecule has 0 spiro atoms. The number of carbonyl (C=O) groups is 1. The molecule has 2 rings (SSSR count). The molecule has 1 atom stereocenters. The summed E-state index contributed by atoms with van der Waals surface area (Å²) in [5, 5.41) is 3.38. The highest BCUT2D eigenvalue weighted by Crippen LogP contribution is 2.37. The average molecular weight is 321 g/mol. The summed E-state index contributed by atoms with van der Waals surface area (Å²) < 4.78 is 11.2. The Kier molecular flexibility index (Phi) is 4.68. The summed E-state index contributed by atoms with van der Waals surface area (Å²) in [7, 11) is -0.417. The largest absolute Gasteiger partial charge is 0.543 e. The molecule has 1 aromatic rings. The Balaban J connectivity index is 2.20. The summed E-state index contributed by atoms with van der Waals surface area (Å²) in [5.74, 6) is 0.706. The number of hydrogen-bond acceptors (Lipinski definition) is 4. The van der Waals surface area contributed by atoms with Crippen LogP contribution in [0.25, 0.3) is 0 Å². The van der Waals surface area contributed by atoms with Crippen molar-refractivity contribution in [1.82, 2.24) is 5.32 Å². The fourth-order valence-corrected chi connectivity index (χ4v) is 3.33. The van der Waals surface area contributed by atoms with Gasteiger partial charge in [-0.15, -0.1) is 0 Å². The van der Waals surface area contributed by atoms with Gasteiger partial charge >= 0.3 is 5.97 Å². The minimum absolute atomic E-state index is 0.166. The van der Waals surface area contributed by atoms with Crippen molar-refractivity contribution in [2.45, 2.75) is 57.9 Å². The molecular formula is C17H27NO3Si. The molecule has 122 valence electrons. The van der Waals surface area contributed by atoms with Gasteiger partial charge in [-0.25, -0.2) is 0 Å². The minimum atomic E-state index is -1.84. The second kappa shape index (κ2) is 6.05. The SMILES string of the molecule is COC(=O)C1Cc2cc(O[Si](C)(C)C(C)(C)C)ccc2CN1. The Morgan fingerprint density at radius 2 is 1.95 bits per heavy atom. The fraction of sp³-hybridized carbons (Fsp3) is 0.588. The zero-order valence-electron chi connectivity index (χ0n) is 14.4. The van der Waals surface area contributed by atoms with E-state index in [4.69, 9.17) is 9.16 Å². The van der Waals surface area contributed by atoms with Crippen molar-refractivity contribution in [3.8, 4) is 5.75 Å². The average Bonchev–Trinajstić information content (AvgIpc) is 2.44. The van der Waals surface area contributed by atoms with E-state index in [1.54, 1.807) is 0 Å². The number of ether oxygens (including phenoxy) is 1. The molecule has 1 heterocycles. The molecule has 1 aliphatic rings. The van der Waals surface area contributed by atoms with Crippen LogP contribution in [0.5, 0.6) is 5.75 Å². The van der Waals surface area contributed by atoms with Crippen molar-refractivity contribution in [3.05, 3.63) is 29.3 Å². The van der Waals surface area contributed by atoms with Gasteiger partial charge in [0.05, 0.1) is 7.11 Å². The minimum Gasteiger partial charge on any atom is -0.543 e. The molecule has 22 heavy (non-hydrogen) atoms. The van der Waals surface area contributed by atoms with Crippen LogP contribution in [-0.2, 0) is 22.5 Å². The standard InChI is InChI=1S/C17H27NO3Si/c1-17(2,3)22(5,6)21-14-8-7-12-11-18-15(16(19)20-4)10-13(12)9-14/h7-9,15,18H,10-11H2,1-6H3. The molecule has 0 saturated heterocycles. The summed E-state index contributed by atoms with van der Waals surface area (Å²) >= 11 is 0. The predicted octanol–water partition coefficient (Wildman–Crippen LogP) is 3.26. The van der Waals surface area contributed by atoms with E-state index in [0.29, 0.717) is 13.0 Å². The highest BCUT2D eigenvalue weighted by molar-refractivity contribution is 6.74. The van der Waals surface area contributed by atoms with Crippen molar-refractivity contribution in [2.24, 2.45) is 0 Å². The van der Waals surface area contributed by atoms with E-state index in [-0.39, 0.29) is 17.0 Å². The van der Waals surface area contributed by atoms with E-state index < -0.39 is 8.32 Å². The van der Waals surface area contributed by atoms with Crippen molar-refractivity contribution in [2.75, 3.05) is 7.11 Å². The van der Waals surface area contributed by atoms with Gasteiger partial charge in [-0.1, -0.05) is 26.8 Å². The predicted molar refractivity (Wildman–Crippen MR) is 90.6 cm³/mol. The third kappa shape index (κ3) is 3.52. The Morgan fingerprint density at radius 1 is 1.27 bits per heavy atom. The molecule has 0 bridgehead atoms. The van der Waals surface area contributed by atoms with Gasteiger partial charge in [-0.05, 0) is 47.8 Å². The van der Waals surface area contributed by atoms with Crippen LogP contribution >= 0.6 is 0 Å². The molecule has 0 amide bonds. The molecule has 0 aromatic heterocycles. The van der Waals surface area contributed by atoms with Gasteiger partial charge in [0, 0.05) is 6.54 Å². The van der Waals surface area contributed by atoms with Crippen LogP contribution in [0.15, 0.2) is 18.2 Å². The number of esters is 1. The maximum Gasteiger partial charge on any atom is 0.323 e. The summed E-state index contributed by atoms with van der Waals surface area (Å²) in [5.41, 5.74) is 2.40. The van der Waals surface area contributed by atoms with E-state index in [1.807, 2.05) is 6.07 Å². The van der Waals surface area contributed by atoms with Crippen LogP contribution in [0, 0.1) is 0 Å². The first-order chi connectivity index (χ1) is 10.1. The lowest BCUT2D eigenvalue weighted by molar-refractivity contribution is -0.143. The Bertz CT molecular complexity index is 564. The van der Waals surface area contributed by atoms with Gasteiger partial charge in [0.15, 0.2) is 0 Å². The lowest BCUT2D eigenvalue weighted by Gasteiger charge is -2.36. The molecule has 0 radical (unpaired) electrons. The molecule has 5 heteroatoms. The normalized spacial score (nSPS) is 18.5. The summed E-state index contributed by atoms with van der Waals surface area (Å²) in [6.45, 7) is 11.9. The van der Waals surface area contributed by atoms with Crippen molar-refractivity contribution < 1.29 is 14.0 Å². The number of methoxy groups -OCH3 is 1. The number of hydrogen-bond donors (Lipinski definition) is 1. The smallest absolute Gasteiger partial charge is 0.323 e. The number of carbonyl (C=O) groups excluding carboxylic acids is 1. The van der Waals surface area contributed by atoms with Crippen molar-refractivity contribution >= 4 is 14.3 Å². The molecule has 1 N–H and O–H groups in total. The van der Waals surface area contributed by atoms with Crippen LogP contribution in [0.4, 0.5) is 0 Å². The molecule has 0 aliphatic carbocycles. The molecular weight excluding hydrogens is 294 g/mol. The van der Waals surface area contributed by atoms with Gasteiger partial charge in [0.2, 0.25) is 8.32 Å². The Morgan fingerprint density at radius 3 is 2.55 bits per heavy atom. The Hall–Kier alpha value is -1.33. The van der Waals surface area contributed by atoms with Crippen LogP contribution in [-0.4, -0.2) is 27.4 Å². The molecule has 1 aromatic carbocycles. The van der Waals surface area contributed by atoms with E-state index in [0.717, 1.165) is 5.75 Å². The Labute approximate surface area is 134 Å². The number of benzene rings is 1. The third-order valence-electron chi connectivity index (χ3n) is 4.81. The molecule has 0 fully saturated rings. The molecule has 0 saturated carbocycles. The van der Waals surface area contributed by atoms with Gasteiger partial charge < -0.3 is 14.5 Å². The maximum atomic E-state index is 11.7. The van der Waals surface area contributed by atoms with Crippen LogP contribution < -0.4 is 9.74 Å². The van der Waals surface area contributed by atoms with E-state index >= 15 is 0 Å². The first kappa shape index (κ1) is 17.0. The number of fused-ring (bicyclic) bond motifs is 1. The molecule has 1 unspecified atom stereocenters. The lowest BCUT2D eigenvalue weighted by Crippen LogP contribution is -2.44. The van der Waals surface area contributed by atoms with Gasteiger partial charge in [0.1, 0.15) is 11.8 Å². The fourth-order valence-electron chi connectivity index (χ4n) is 2.31. The second-order valence-electron chi connectivity index (χ2n) is 7.45. The molecule has 1 aliphatic heterocycles. The quantitative estimate of drug-likeness (QED) is 0.686. The van der Waals surface area contributed by atoms with E-state index in [2.05, 4.69) is 51.3 Å². The van der Waals surface area contributed by atoms with E-state index in [9.17, 15) is 4.79 Å². The topological polar surface area (TPSA) is 47.6 Å². The third-order valence-corrected chi connectivity index (χ3v) is 9.16. The zero-order valence-corrected chi connectivity index (χ0v) is 15.4. The van der Waals surface area contributed by atoms with Crippen molar-refractivity contribution in [1.29, 1.82) is 0 Å². The summed E-state index contributed by atoms with van der Waals surface area (Å²) in [6.07, 6.45) is 0.650. The second-order valence-corrected chi connectivity index (χ2v) is 12.2. The first-order valence-electron chi connectivity index (χ1n) is 7.76. The number of nitrogens with one attached hydrogen (secondary N) is 1. The first-order valence-corrected chi connectivity index (χ1v) is 10.7. The molecule has 4 nitrogen and oxygen atoms in total. The van der Waals surface area contributed by atoms with Gasteiger partial charge in [-0.3, -0.25) is 4.79 Å². The van der Waals surface area contributed by atoms with Gasteiger partial charge in [-0.2, -0.15) is 0 Å². The number of rotatable bonds is 3. The van der Waals surface area contributed by atoms with Crippen LogP contribution in [0.2, 0.25) is 18.1 Å². The van der Waals surface area contributed by atoms with Crippen molar-refractivity contribution in [3.63, 3.8) is 0 Å². The zero-order chi connectivity index (χ0) is 16.5. The highest BCUT2D eigenvalue weighted by atomic mass is 28.4. The van der Waals surface area contributed by atoms with E-state index in [1.165, 1.54) is 18.2 Å².